The molecule has 108 valence electrons. The third-order valence-corrected chi connectivity index (χ3v) is 4.67. The molecule has 1 fully saturated rings. The van der Waals surface area contributed by atoms with Gasteiger partial charge in [0.05, 0.1) is 12.3 Å². The van der Waals surface area contributed by atoms with Crippen LogP contribution in [0.25, 0.3) is 0 Å². The second kappa shape index (κ2) is 6.79. The topological polar surface area (TPSA) is 51.4 Å². The third-order valence-electron chi connectivity index (χ3n) is 3.46. The van der Waals surface area contributed by atoms with E-state index in [1.54, 1.807) is 11.3 Å². The number of hydrogen-bond donors (Lipinski definition) is 1. The normalized spacial score (nSPS) is 21.2. The van der Waals surface area contributed by atoms with Crippen LogP contribution >= 0.6 is 11.3 Å². The third kappa shape index (κ3) is 3.75. The van der Waals surface area contributed by atoms with Gasteiger partial charge in [0.15, 0.2) is 0 Å². The average Bonchev–Trinajstić information content (AvgIpc) is 2.81. The van der Waals surface area contributed by atoms with Crippen LogP contribution < -0.4 is 5.73 Å². The molecule has 2 rings (SSSR count). The van der Waals surface area contributed by atoms with Gasteiger partial charge in [-0.05, 0) is 18.9 Å². The van der Waals surface area contributed by atoms with Gasteiger partial charge in [0.2, 0.25) is 0 Å². The van der Waals surface area contributed by atoms with Crippen LogP contribution in [-0.2, 0) is 17.7 Å². The van der Waals surface area contributed by atoms with E-state index in [1.165, 1.54) is 10.6 Å². The van der Waals surface area contributed by atoms with Crippen LogP contribution in [0.1, 0.15) is 42.5 Å². The molecule has 1 aliphatic rings. The van der Waals surface area contributed by atoms with Crippen LogP contribution in [0.3, 0.4) is 0 Å². The summed E-state index contributed by atoms with van der Waals surface area (Å²) in [6.07, 6.45) is 1.14. The van der Waals surface area contributed by atoms with Crippen molar-refractivity contribution in [3.05, 3.63) is 15.6 Å². The highest BCUT2D eigenvalue weighted by Crippen LogP contribution is 2.29. The Morgan fingerprint density at radius 3 is 2.95 bits per heavy atom. The average molecular weight is 283 g/mol. The molecule has 1 aliphatic heterocycles. The molecule has 0 aliphatic carbocycles. The molecular formula is C14H25N3OS. The highest BCUT2D eigenvalue weighted by molar-refractivity contribution is 7.11. The van der Waals surface area contributed by atoms with Crippen molar-refractivity contribution in [2.75, 3.05) is 26.2 Å². The quantitative estimate of drug-likeness (QED) is 0.900. The van der Waals surface area contributed by atoms with Gasteiger partial charge in [-0.3, -0.25) is 4.90 Å². The second-order valence-electron chi connectivity index (χ2n) is 5.48. The minimum Gasteiger partial charge on any atom is -0.368 e. The molecule has 5 heteroatoms. The van der Waals surface area contributed by atoms with Gasteiger partial charge in [-0.2, -0.15) is 0 Å². The Morgan fingerprint density at radius 2 is 2.32 bits per heavy atom. The lowest BCUT2D eigenvalue weighted by Crippen LogP contribution is -2.38. The van der Waals surface area contributed by atoms with Gasteiger partial charge in [-0.25, -0.2) is 4.98 Å². The van der Waals surface area contributed by atoms with Gasteiger partial charge >= 0.3 is 0 Å². The Balaban J connectivity index is 2.13. The molecule has 0 radical (unpaired) electrons. The predicted molar refractivity (Wildman–Crippen MR) is 79.4 cm³/mol. The van der Waals surface area contributed by atoms with E-state index in [1.807, 2.05) is 0 Å². The first-order valence-electron chi connectivity index (χ1n) is 7.16. The maximum absolute atomic E-state index is 5.88. The Labute approximate surface area is 120 Å². The van der Waals surface area contributed by atoms with E-state index in [-0.39, 0.29) is 6.10 Å². The minimum atomic E-state index is 0.130. The zero-order valence-electron chi connectivity index (χ0n) is 12.2. The second-order valence-corrected chi connectivity index (χ2v) is 6.59. The van der Waals surface area contributed by atoms with Crippen LogP contribution in [-0.4, -0.2) is 36.1 Å². The molecule has 1 atom stereocenters. The molecule has 0 saturated carbocycles. The molecule has 1 saturated heterocycles. The number of ether oxygens (including phenoxy) is 1. The van der Waals surface area contributed by atoms with E-state index >= 15 is 0 Å². The van der Waals surface area contributed by atoms with Crippen LogP contribution in [0.4, 0.5) is 0 Å². The summed E-state index contributed by atoms with van der Waals surface area (Å²) in [5.74, 6) is 0.611. The Morgan fingerprint density at radius 1 is 1.53 bits per heavy atom. The van der Waals surface area contributed by atoms with Crippen LogP contribution in [0.15, 0.2) is 0 Å². The van der Waals surface area contributed by atoms with Crippen molar-refractivity contribution >= 4 is 11.3 Å². The summed E-state index contributed by atoms with van der Waals surface area (Å²) in [4.78, 5) is 8.44. The van der Waals surface area contributed by atoms with E-state index < -0.39 is 0 Å². The number of likely N-dealkylation sites (N-methyl/N-ethyl adjacent to an activating group) is 1. The lowest BCUT2D eigenvalue weighted by molar-refractivity contribution is -0.0283. The number of nitrogens with two attached hydrogens (primary N) is 1. The molecule has 0 amide bonds. The minimum absolute atomic E-state index is 0.130. The summed E-state index contributed by atoms with van der Waals surface area (Å²) < 4.78 is 5.88. The molecule has 0 bridgehead atoms. The van der Waals surface area contributed by atoms with Gasteiger partial charge < -0.3 is 10.5 Å². The van der Waals surface area contributed by atoms with Crippen molar-refractivity contribution in [2.45, 2.75) is 39.8 Å². The van der Waals surface area contributed by atoms with Crippen LogP contribution in [0.2, 0.25) is 0 Å². The summed E-state index contributed by atoms with van der Waals surface area (Å²) in [5.41, 5.74) is 7.02. The fourth-order valence-electron chi connectivity index (χ4n) is 2.39. The van der Waals surface area contributed by atoms with Gasteiger partial charge in [-0.15, -0.1) is 11.3 Å². The smallest absolute Gasteiger partial charge is 0.123 e. The van der Waals surface area contributed by atoms with Crippen LogP contribution in [0.5, 0.6) is 0 Å². The first-order valence-corrected chi connectivity index (χ1v) is 7.98. The summed E-state index contributed by atoms with van der Waals surface area (Å²) in [5, 5.41) is 1.11. The summed E-state index contributed by atoms with van der Waals surface area (Å²) in [7, 11) is 0. The monoisotopic (exact) mass is 283 g/mol. The van der Waals surface area contributed by atoms with Crippen molar-refractivity contribution in [3.8, 4) is 0 Å². The lowest BCUT2D eigenvalue weighted by Gasteiger charge is -2.30. The van der Waals surface area contributed by atoms with Crippen molar-refractivity contribution in [3.63, 3.8) is 0 Å². The van der Waals surface area contributed by atoms with Gasteiger partial charge in [0, 0.05) is 24.5 Å². The summed E-state index contributed by atoms with van der Waals surface area (Å²) in [6, 6.07) is 0. The zero-order chi connectivity index (χ0) is 13.8. The maximum Gasteiger partial charge on any atom is 0.123 e. The fraction of sp³-hybridized carbons (Fsp3) is 0.786. The number of hydrogen-bond acceptors (Lipinski definition) is 5. The van der Waals surface area contributed by atoms with Gasteiger partial charge in [0.1, 0.15) is 11.1 Å². The van der Waals surface area contributed by atoms with E-state index in [0.717, 1.165) is 37.7 Å². The molecule has 1 unspecified atom stereocenters. The number of thiazole rings is 1. The lowest BCUT2D eigenvalue weighted by atomic mass is 10.1. The Hall–Kier alpha value is -0.490. The Kier molecular flexibility index (Phi) is 5.33. The number of rotatable bonds is 5. The van der Waals surface area contributed by atoms with Crippen molar-refractivity contribution in [1.29, 1.82) is 0 Å². The molecule has 2 heterocycles. The summed E-state index contributed by atoms with van der Waals surface area (Å²) in [6.45, 7) is 11.1. The molecule has 1 aromatic heterocycles. The molecule has 0 spiro atoms. The van der Waals surface area contributed by atoms with Crippen molar-refractivity contribution in [1.82, 2.24) is 9.88 Å². The number of morpholine rings is 1. The fourth-order valence-corrected chi connectivity index (χ4v) is 3.40. The van der Waals surface area contributed by atoms with E-state index in [4.69, 9.17) is 15.5 Å². The van der Waals surface area contributed by atoms with Gasteiger partial charge in [0.25, 0.3) is 0 Å². The first-order chi connectivity index (χ1) is 9.13. The van der Waals surface area contributed by atoms with Crippen LogP contribution in [0, 0.1) is 5.92 Å². The first kappa shape index (κ1) is 14.9. The van der Waals surface area contributed by atoms with E-state index in [2.05, 4.69) is 25.7 Å². The van der Waals surface area contributed by atoms with E-state index in [0.29, 0.717) is 12.5 Å². The predicted octanol–water partition coefficient (Wildman–Crippen LogP) is 2.19. The molecule has 0 aromatic carbocycles. The maximum atomic E-state index is 5.88. The van der Waals surface area contributed by atoms with E-state index in [9.17, 15) is 0 Å². The molecule has 1 aromatic rings. The van der Waals surface area contributed by atoms with Crippen molar-refractivity contribution in [2.24, 2.45) is 11.7 Å². The standard InChI is InChI=1S/C14H25N3OS/c1-4-17-5-6-18-12(9-17)14-16-11(7-10(2)3)13(8-15)19-14/h10,12H,4-9,15H2,1-3H3. The Bertz CT molecular complexity index is 405. The molecular weight excluding hydrogens is 258 g/mol. The highest BCUT2D eigenvalue weighted by atomic mass is 32.1. The van der Waals surface area contributed by atoms with Crippen molar-refractivity contribution < 1.29 is 4.74 Å². The molecule has 4 nitrogen and oxygen atoms in total. The molecule has 19 heavy (non-hydrogen) atoms. The summed E-state index contributed by atoms with van der Waals surface area (Å²) >= 11 is 1.73. The van der Waals surface area contributed by atoms with Gasteiger partial charge in [-0.1, -0.05) is 20.8 Å². The molecule has 2 N–H and O–H groups in total. The largest absolute Gasteiger partial charge is 0.368 e. The zero-order valence-corrected chi connectivity index (χ0v) is 13.0. The SMILES string of the molecule is CCN1CCOC(c2nc(CC(C)C)c(CN)s2)C1. The number of aromatic nitrogens is 1. The number of nitrogens with zero attached hydrogens (tertiary/aromatic N) is 2. The highest BCUT2D eigenvalue weighted by Gasteiger charge is 2.25.